The molecule has 0 fully saturated rings. The highest BCUT2D eigenvalue weighted by atomic mass is 32.2. The average Bonchev–Trinajstić information content (AvgIpc) is 2.49. The molecule has 5 nitrogen and oxygen atoms in total. The van der Waals surface area contributed by atoms with Gasteiger partial charge in [0.15, 0.2) is 0 Å². The fraction of sp³-hybridized carbons (Fsp3) is 0.143. The van der Waals surface area contributed by atoms with Crippen molar-refractivity contribution in [2.24, 2.45) is 0 Å². The molecule has 2 aromatic rings. The Labute approximate surface area is 121 Å². The minimum Gasteiger partial charge on any atom is -0.497 e. The predicted molar refractivity (Wildman–Crippen MR) is 77.1 cm³/mol. The summed E-state index contributed by atoms with van der Waals surface area (Å²) >= 11 is 1.36. The molecular formula is C14H14N2O3S. The number of aromatic nitrogens is 1. The first-order valence-electron chi connectivity index (χ1n) is 5.81. The number of hydrogen-bond donors (Lipinski definition) is 1. The molecule has 0 bridgehead atoms. The van der Waals surface area contributed by atoms with Crippen LogP contribution in [0.2, 0.25) is 0 Å². The van der Waals surface area contributed by atoms with Crippen molar-refractivity contribution in [2.75, 3.05) is 20.0 Å². The summed E-state index contributed by atoms with van der Waals surface area (Å²) in [5.74, 6) is 0.259. The standard InChI is InChI=1S/C14H14N2O3S/c1-18-9-4-3-5-10(8-9)20-13-11(15)6-7-12(16-13)14(17)19-2/h3-8H,15H2,1-2H3. The number of rotatable bonds is 4. The second-order valence-corrected chi connectivity index (χ2v) is 4.93. The summed E-state index contributed by atoms with van der Waals surface area (Å²) < 4.78 is 9.81. The molecule has 6 heteroatoms. The van der Waals surface area contributed by atoms with Crippen LogP contribution in [0.4, 0.5) is 5.69 Å². The number of benzene rings is 1. The molecule has 0 saturated carbocycles. The summed E-state index contributed by atoms with van der Waals surface area (Å²) in [6, 6.07) is 10.7. The van der Waals surface area contributed by atoms with E-state index in [1.165, 1.54) is 24.9 Å². The van der Waals surface area contributed by atoms with Crippen LogP contribution >= 0.6 is 11.8 Å². The Kier molecular flexibility index (Phi) is 4.47. The number of nitrogen functional groups attached to an aromatic ring is 1. The first-order valence-corrected chi connectivity index (χ1v) is 6.62. The van der Waals surface area contributed by atoms with Crippen molar-refractivity contribution in [3.63, 3.8) is 0 Å². The molecule has 0 aliphatic heterocycles. The predicted octanol–water partition coefficient (Wildman–Crippen LogP) is 2.61. The van der Waals surface area contributed by atoms with E-state index >= 15 is 0 Å². The second-order valence-electron chi connectivity index (χ2n) is 3.86. The Bertz CT molecular complexity index is 632. The highest BCUT2D eigenvalue weighted by molar-refractivity contribution is 7.99. The molecule has 0 aliphatic carbocycles. The van der Waals surface area contributed by atoms with E-state index in [1.807, 2.05) is 24.3 Å². The maximum atomic E-state index is 11.5. The molecule has 0 unspecified atom stereocenters. The van der Waals surface area contributed by atoms with Gasteiger partial charge in [-0.2, -0.15) is 0 Å². The average molecular weight is 290 g/mol. The molecule has 20 heavy (non-hydrogen) atoms. The number of anilines is 1. The molecule has 0 atom stereocenters. The summed E-state index contributed by atoms with van der Waals surface area (Å²) in [6.45, 7) is 0. The summed E-state index contributed by atoms with van der Waals surface area (Å²) in [7, 11) is 2.92. The molecule has 0 saturated heterocycles. The number of pyridine rings is 1. The molecular weight excluding hydrogens is 276 g/mol. The first-order chi connectivity index (χ1) is 9.63. The molecule has 0 amide bonds. The van der Waals surface area contributed by atoms with Gasteiger partial charge in [0.1, 0.15) is 16.5 Å². The quantitative estimate of drug-likeness (QED) is 0.872. The van der Waals surface area contributed by atoms with E-state index in [9.17, 15) is 4.79 Å². The first kappa shape index (κ1) is 14.2. The zero-order valence-electron chi connectivity index (χ0n) is 11.1. The summed E-state index contributed by atoms with van der Waals surface area (Å²) in [5, 5.41) is 0.557. The number of ether oxygens (including phenoxy) is 2. The van der Waals surface area contributed by atoms with Gasteiger partial charge in [0.25, 0.3) is 0 Å². The SMILES string of the molecule is COC(=O)c1ccc(N)c(Sc2cccc(OC)c2)n1. The highest BCUT2D eigenvalue weighted by Crippen LogP contribution is 2.32. The van der Waals surface area contributed by atoms with Crippen LogP contribution in [-0.2, 0) is 4.74 Å². The zero-order chi connectivity index (χ0) is 14.5. The van der Waals surface area contributed by atoms with Gasteiger partial charge in [-0.1, -0.05) is 17.8 Å². The molecule has 2 N–H and O–H groups in total. The van der Waals surface area contributed by atoms with Crippen molar-refractivity contribution >= 4 is 23.4 Å². The Morgan fingerprint density at radius 3 is 2.75 bits per heavy atom. The summed E-state index contributed by atoms with van der Waals surface area (Å²) in [5.41, 5.74) is 6.62. The van der Waals surface area contributed by atoms with Crippen molar-refractivity contribution in [3.8, 4) is 5.75 Å². The number of nitrogens with two attached hydrogens (primary N) is 1. The fourth-order valence-corrected chi connectivity index (χ4v) is 2.40. The lowest BCUT2D eigenvalue weighted by Gasteiger charge is -2.07. The highest BCUT2D eigenvalue weighted by Gasteiger charge is 2.11. The van der Waals surface area contributed by atoms with Crippen LogP contribution in [0.1, 0.15) is 10.5 Å². The van der Waals surface area contributed by atoms with E-state index in [-0.39, 0.29) is 5.69 Å². The van der Waals surface area contributed by atoms with Crippen LogP contribution in [0, 0.1) is 0 Å². The monoisotopic (exact) mass is 290 g/mol. The second kappa shape index (κ2) is 6.29. The third-order valence-corrected chi connectivity index (χ3v) is 3.55. The van der Waals surface area contributed by atoms with Gasteiger partial charge in [-0.15, -0.1) is 0 Å². The maximum Gasteiger partial charge on any atom is 0.356 e. The Morgan fingerprint density at radius 1 is 1.25 bits per heavy atom. The van der Waals surface area contributed by atoms with Gasteiger partial charge in [-0.3, -0.25) is 0 Å². The van der Waals surface area contributed by atoms with Crippen molar-refractivity contribution in [1.82, 2.24) is 4.98 Å². The Balaban J connectivity index is 2.30. The molecule has 1 heterocycles. The number of carbonyl (C=O) groups excluding carboxylic acids is 1. The van der Waals surface area contributed by atoms with E-state index in [2.05, 4.69) is 9.72 Å². The number of nitrogens with zero attached hydrogens (tertiary/aromatic N) is 1. The van der Waals surface area contributed by atoms with Crippen LogP contribution < -0.4 is 10.5 Å². The third kappa shape index (κ3) is 3.21. The third-order valence-electron chi connectivity index (χ3n) is 2.54. The number of methoxy groups -OCH3 is 2. The van der Waals surface area contributed by atoms with Crippen LogP contribution in [0.5, 0.6) is 5.75 Å². The van der Waals surface area contributed by atoms with E-state index < -0.39 is 5.97 Å². The molecule has 0 aliphatic rings. The summed E-state index contributed by atoms with van der Waals surface area (Å²) in [6.07, 6.45) is 0. The van der Waals surface area contributed by atoms with Gasteiger partial charge < -0.3 is 15.2 Å². The maximum absolute atomic E-state index is 11.5. The van der Waals surface area contributed by atoms with Crippen molar-refractivity contribution in [1.29, 1.82) is 0 Å². The summed E-state index contributed by atoms with van der Waals surface area (Å²) in [4.78, 5) is 16.6. The molecule has 2 rings (SSSR count). The van der Waals surface area contributed by atoms with Gasteiger partial charge in [0, 0.05) is 4.90 Å². The van der Waals surface area contributed by atoms with Gasteiger partial charge in [0.05, 0.1) is 19.9 Å². The van der Waals surface area contributed by atoms with E-state index in [4.69, 9.17) is 10.5 Å². The fourth-order valence-electron chi connectivity index (χ4n) is 1.53. The van der Waals surface area contributed by atoms with Crippen molar-refractivity contribution in [2.45, 2.75) is 9.92 Å². The lowest BCUT2D eigenvalue weighted by atomic mass is 10.3. The smallest absolute Gasteiger partial charge is 0.356 e. The minimum absolute atomic E-state index is 0.229. The number of carbonyl (C=O) groups is 1. The molecule has 1 aromatic heterocycles. The Morgan fingerprint density at radius 2 is 2.05 bits per heavy atom. The van der Waals surface area contributed by atoms with Gasteiger partial charge in [0.2, 0.25) is 0 Å². The van der Waals surface area contributed by atoms with Gasteiger partial charge in [-0.25, -0.2) is 9.78 Å². The molecule has 104 valence electrons. The van der Waals surface area contributed by atoms with Crippen LogP contribution in [0.3, 0.4) is 0 Å². The number of esters is 1. The zero-order valence-corrected chi connectivity index (χ0v) is 11.9. The van der Waals surface area contributed by atoms with E-state index in [0.717, 1.165) is 10.6 Å². The van der Waals surface area contributed by atoms with Crippen LogP contribution in [0.25, 0.3) is 0 Å². The van der Waals surface area contributed by atoms with Crippen LogP contribution in [-0.4, -0.2) is 25.2 Å². The van der Waals surface area contributed by atoms with Gasteiger partial charge in [-0.05, 0) is 30.3 Å². The lowest BCUT2D eigenvalue weighted by Crippen LogP contribution is -2.05. The normalized spacial score (nSPS) is 10.1. The van der Waals surface area contributed by atoms with Gasteiger partial charge >= 0.3 is 5.97 Å². The minimum atomic E-state index is -0.488. The van der Waals surface area contributed by atoms with E-state index in [1.54, 1.807) is 13.2 Å². The van der Waals surface area contributed by atoms with Crippen molar-refractivity contribution < 1.29 is 14.3 Å². The topological polar surface area (TPSA) is 74.4 Å². The van der Waals surface area contributed by atoms with E-state index in [0.29, 0.717) is 10.7 Å². The number of hydrogen-bond acceptors (Lipinski definition) is 6. The van der Waals surface area contributed by atoms with Crippen LogP contribution in [0.15, 0.2) is 46.3 Å². The van der Waals surface area contributed by atoms with Crippen molar-refractivity contribution in [3.05, 3.63) is 42.1 Å². The molecule has 0 radical (unpaired) electrons. The molecule has 0 spiro atoms. The largest absolute Gasteiger partial charge is 0.497 e. The molecule has 1 aromatic carbocycles. The Hall–Kier alpha value is -2.21. The lowest BCUT2D eigenvalue weighted by molar-refractivity contribution is 0.0593.